The molecule has 3 aromatic carbocycles. The monoisotopic (exact) mass is 408 g/mol. The van der Waals surface area contributed by atoms with Gasteiger partial charge >= 0.3 is 0 Å². The van der Waals surface area contributed by atoms with Gasteiger partial charge in [0, 0.05) is 16.1 Å². The molecule has 1 amide bonds. The largest absolute Gasteiger partial charge is 0.488 e. The summed E-state index contributed by atoms with van der Waals surface area (Å²) in [4.78, 5) is 12.3. The highest BCUT2D eigenvalue weighted by Gasteiger charge is 2.15. The van der Waals surface area contributed by atoms with Gasteiger partial charge in [-0.3, -0.25) is 4.79 Å². The summed E-state index contributed by atoms with van der Waals surface area (Å²) in [5.41, 5.74) is 4.63. The zero-order chi connectivity index (χ0) is 20.1. The first kappa shape index (κ1) is 18.8. The normalized spacial score (nSPS) is 12.2. The SMILES string of the molecule is O=C(N/N=C\c1ccccc1OCc1cccc(Cl)c1)c1ccc2c(c1)OCO2. The average molecular weight is 409 g/mol. The van der Waals surface area contributed by atoms with Crippen LogP contribution in [0, 0.1) is 0 Å². The van der Waals surface area contributed by atoms with Gasteiger partial charge in [-0.1, -0.05) is 35.9 Å². The van der Waals surface area contributed by atoms with Crippen molar-refractivity contribution in [2.24, 2.45) is 5.10 Å². The molecular weight excluding hydrogens is 392 g/mol. The molecule has 146 valence electrons. The molecule has 3 aromatic rings. The number of hydrazone groups is 1. The third kappa shape index (κ3) is 4.67. The minimum atomic E-state index is -0.350. The van der Waals surface area contributed by atoms with Crippen LogP contribution in [0.2, 0.25) is 5.02 Å². The van der Waals surface area contributed by atoms with Crippen molar-refractivity contribution >= 4 is 23.7 Å². The van der Waals surface area contributed by atoms with Gasteiger partial charge in [0.15, 0.2) is 11.5 Å². The summed E-state index contributed by atoms with van der Waals surface area (Å²) in [6.45, 7) is 0.527. The van der Waals surface area contributed by atoms with Crippen LogP contribution in [0.25, 0.3) is 0 Å². The van der Waals surface area contributed by atoms with E-state index in [1.807, 2.05) is 48.5 Å². The molecular formula is C22H17ClN2O4. The van der Waals surface area contributed by atoms with E-state index < -0.39 is 0 Å². The predicted molar refractivity (Wildman–Crippen MR) is 110 cm³/mol. The van der Waals surface area contributed by atoms with Gasteiger partial charge < -0.3 is 14.2 Å². The number of rotatable bonds is 6. The maximum Gasteiger partial charge on any atom is 0.271 e. The standard InChI is InChI=1S/C22H17ClN2O4/c23-18-6-3-4-15(10-18)13-27-19-7-2-1-5-17(19)12-24-25-22(26)16-8-9-20-21(11-16)29-14-28-20/h1-12H,13-14H2,(H,25,26)/b24-12-. The van der Waals surface area contributed by atoms with Crippen LogP contribution in [0.15, 0.2) is 71.8 Å². The summed E-state index contributed by atoms with van der Waals surface area (Å²) < 4.78 is 16.4. The zero-order valence-corrected chi connectivity index (χ0v) is 16.1. The number of amides is 1. The molecule has 1 N–H and O–H groups in total. The van der Waals surface area contributed by atoms with Gasteiger partial charge in [0.25, 0.3) is 5.91 Å². The quantitative estimate of drug-likeness (QED) is 0.484. The summed E-state index contributed by atoms with van der Waals surface area (Å²) >= 11 is 6.01. The molecule has 4 rings (SSSR count). The Morgan fingerprint density at radius 3 is 2.83 bits per heavy atom. The molecule has 1 heterocycles. The number of carbonyl (C=O) groups is 1. The summed E-state index contributed by atoms with van der Waals surface area (Å²) in [6, 6.07) is 19.9. The highest BCUT2D eigenvalue weighted by atomic mass is 35.5. The molecule has 0 bridgehead atoms. The third-order valence-electron chi connectivity index (χ3n) is 4.21. The van der Waals surface area contributed by atoms with Crippen molar-refractivity contribution in [2.45, 2.75) is 6.61 Å². The van der Waals surface area contributed by atoms with Crippen molar-refractivity contribution in [3.63, 3.8) is 0 Å². The number of nitrogens with zero attached hydrogens (tertiary/aromatic N) is 1. The zero-order valence-electron chi connectivity index (χ0n) is 15.3. The first-order valence-corrected chi connectivity index (χ1v) is 9.26. The Morgan fingerprint density at radius 2 is 1.93 bits per heavy atom. The molecule has 0 aromatic heterocycles. The van der Waals surface area contributed by atoms with E-state index in [0.29, 0.717) is 34.4 Å². The molecule has 6 nitrogen and oxygen atoms in total. The highest BCUT2D eigenvalue weighted by Crippen LogP contribution is 2.32. The van der Waals surface area contributed by atoms with Crippen molar-refractivity contribution in [2.75, 3.05) is 6.79 Å². The van der Waals surface area contributed by atoms with Crippen LogP contribution in [0.3, 0.4) is 0 Å². The fourth-order valence-electron chi connectivity index (χ4n) is 2.77. The Labute approximate surface area is 172 Å². The Morgan fingerprint density at radius 1 is 1.07 bits per heavy atom. The van der Waals surface area contributed by atoms with Crippen molar-refractivity contribution < 1.29 is 19.0 Å². The highest BCUT2D eigenvalue weighted by molar-refractivity contribution is 6.30. The summed E-state index contributed by atoms with van der Waals surface area (Å²) in [6.07, 6.45) is 1.54. The maximum atomic E-state index is 12.3. The second-order valence-electron chi connectivity index (χ2n) is 6.22. The van der Waals surface area contributed by atoms with Gasteiger partial charge in [0.2, 0.25) is 6.79 Å². The van der Waals surface area contributed by atoms with Gasteiger partial charge in [0.05, 0.1) is 6.21 Å². The second kappa shape index (κ2) is 8.67. The van der Waals surface area contributed by atoms with Crippen LogP contribution in [-0.2, 0) is 6.61 Å². The van der Waals surface area contributed by atoms with Crippen molar-refractivity contribution in [1.29, 1.82) is 0 Å². The second-order valence-corrected chi connectivity index (χ2v) is 6.66. The van der Waals surface area contributed by atoms with Gasteiger partial charge in [0.1, 0.15) is 12.4 Å². The number of nitrogens with one attached hydrogen (secondary N) is 1. The third-order valence-corrected chi connectivity index (χ3v) is 4.44. The molecule has 0 atom stereocenters. The Bertz CT molecular complexity index is 1070. The van der Waals surface area contributed by atoms with Gasteiger partial charge in [-0.2, -0.15) is 5.10 Å². The maximum absolute atomic E-state index is 12.3. The summed E-state index contributed by atoms with van der Waals surface area (Å²) in [7, 11) is 0. The lowest BCUT2D eigenvalue weighted by Crippen LogP contribution is -2.17. The Kier molecular flexibility index (Phi) is 5.63. The van der Waals surface area contributed by atoms with Crippen LogP contribution in [0.1, 0.15) is 21.5 Å². The lowest BCUT2D eigenvalue weighted by atomic mass is 10.2. The molecule has 0 unspecified atom stereocenters. The topological polar surface area (TPSA) is 69.2 Å². The number of carbonyl (C=O) groups excluding carboxylic acids is 1. The Hall–Kier alpha value is -3.51. The van der Waals surface area contributed by atoms with E-state index in [0.717, 1.165) is 11.1 Å². The van der Waals surface area contributed by atoms with Gasteiger partial charge in [-0.05, 0) is 48.0 Å². The molecule has 29 heavy (non-hydrogen) atoms. The molecule has 0 radical (unpaired) electrons. The molecule has 0 saturated heterocycles. The van der Waals surface area contributed by atoms with E-state index in [-0.39, 0.29) is 12.7 Å². The van der Waals surface area contributed by atoms with Crippen LogP contribution in [0.5, 0.6) is 17.2 Å². The number of para-hydroxylation sites is 1. The first-order valence-electron chi connectivity index (χ1n) is 8.88. The van der Waals surface area contributed by atoms with Crippen molar-refractivity contribution in [3.8, 4) is 17.2 Å². The minimum Gasteiger partial charge on any atom is -0.488 e. The molecule has 1 aliphatic heterocycles. The first-order chi connectivity index (χ1) is 14.2. The lowest BCUT2D eigenvalue weighted by molar-refractivity contribution is 0.0954. The van der Waals surface area contributed by atoms with E-state index in [4.69, 9.17) is 25.8 Å². The van der Waals surface area contributed by atoms with E-state index in [1.54, 1.807) is 18.2 Å². The van der Waals surface area contributed by atoms with E-state index >= 15 is 0 Å². The molecule has 0 saturated carbocycles. The number of benzene rings is 3. The number of hydrogen-bond donors (Lipinski definition) is 1. The number of halogens is 1. The Balaban J connectivity index is 1.40. The van der Waals surface area contributed by atoms with Crippen LogP contribution < -0.4 is 19.6 Å². The minimum absolute atomic E-state index is 0.157. The molecule has 0 fully saturated rings. The predicted octanol–water partition coefficient (Wildman–Crippen LogP) is 4.41. The molecule has 0 spiro atoms. The van der Waals surface area contributed by atoms with Crippen LogP contribution in [0.4, 0.5) is 0 Å². The number of hydrogen-bond acceptors (Lipinski definition) is 5. The average Bonchev–Trinajstić information content (AvgIpc) is 3.21. The van der Waals surface area contributed by atoms with E-state index in [1.165, 1.54) is 6.21 Å². The lowest BCUT2D eigenvalue weighted by Gasteiger charge is -2.09. The fourth-order valence-corrected chi connectivity index (χ4v) is 2.98. The molecule has 0 aliphatic carbocycles. The summed E-state index contributed by atoms with van der Waals surface area (Å²) in [5, 5.41) is 4.70. The van der Waals surface area contributed by atoms with Crippen molar-refractivity contribution in [3.05, 3.63) is 88.4 Å². The van der Waals surface area contributed by atoms with E-state index in [9.17, 15) is 4.79 Å². The number of fused-ring (bicyclic) bond motifs is 1. The molecule has 1 aliphatic rings. The fraction of sp³-hybridized carbons (Fsp3) is 0.0909. The number of ether oxygens (including phenoxy) is 3. The molecule has 7 heteroatoms. The summed E-state index contributed by atoms with van der Waals surface area (Å²) in [5.74, 6) is 1.46. The van der Waals surface area contributed by atoms with E-state index in [2.05, 4.69) is 10.5 Å². The van der Waals surface area contributed by atoms with Gasteiger partial charge in [-0.15, -0.1) is 0 Å². The van der Waals surface area contributed by atoms with Gasteiger partial charge in [-0.25, -0.2) is 5.43 Å². The van der Waals surface area contributed by atoms with Crippen LogP contribution >= 0.6 is 11.6 Å². The van der Waals surface area contributed by atoms with Crippen molar-refractivity contribution in [1.82, 2.24) is 5.43 Å². The smallest absolute Gasteiger partial charge is 0.271 e. The van der Waals surface area contributed by atoms with Crippen LogP contribution in [-0.4, -0.2) is 18.9 Å².